The van der Waals surface area contributed by atoms with Crippen LogP contribution in [0, 0.1) is 5.92 Å². The Morgan fingerprint density at radius 3 is 2.84 bits per heavy atom. The maximum absolute atomic E-state index is 12.9. The van der Waals surface area contributed by atoms with Gasteiger partial charge < -0.3 is 15.4 Å². The molecule has 1 saturated carbocycles. The Hall–Kier alpha value is -2.57. The van der Waals surface area contributed by atoms with E-state index in [2.05, 4.69) is 10.6 Å². The highest BCUT2D eigenvalue weighted by molar-refractivity contribution is 6.10. The van der Waals surface area contributed by atoms with Crippen LogP contribution in [-0.4, -0.2) is 41.9 Å². The molecule has 2 fully saturated rings. The third-order valence-corrected chi connectivity index (χ3v) is 5.18. The summed E-state index contributed by atoms with van der Waals surface area (Å²) < 4.78 is 5.19. The van der Waals surface area contributed by atoms with Crippen molar-refractivity contribution in [2.24, 2.45) is 5.92 Å². The summed E-state index contributed by atoms with van der Waals surface area (Å²) in [5.74, 6) is -0.140. The van der Waals surface area contributed by atoms with Crippen LogP contribution in [0.5, 0.6) is 5.75 Å². The van der Waals surface area contributed by atoms with Crippen LogP contribution < -0.4 is 15.4 Å². The molecule has 2 aliphatic rings. The largest absolute Gasteiger partial charge is 0.495 e. The minimum absolute atomic E-state index is 0.0694. The van der Waals surface area contributed by atoms with Crippen molar-refractivity contribution in [3.63, 3.8) is 0 Å². The van der Waals surface area contributed by atoms with E-state index >= 15 is 0 Å². The Bertz CT molecular complexity index is 705. The van der Waals surface area contributed by atoms with Crippen molar-refractivity contribution in [1.29, 1.82) is 0 Å². The molecule has 2 N–H and O–H groups in total. The van der Waals surface area contributed by atoms with Crippen molar-refractivity contribution in [2.45, 2.75) is 38.1 Å². The number of amides is 4. The van der Waals surface area contributed by atoms with Crippen molar-refractivity contribution in [2.75, 3.05) is 19.0 Å². The first-order valence-corrected chi connectivity index (χ1v) is 8.55. The zero-order valence-electron chi connectivity index (χ0n) is 14.5. The molecule has 1 saturated heterocycles. The fourth-order valence-electron chi connectivity index (χ4n) is 3.72. The number of hydrogen-bond acceptors (Lipinski definition) is 4. The summed E-state index contributed by atoms with van der Waals surface area (Å²) >= 11 is 0. The SMILES string of the molecule is COc1ccccc1NC(=O)CN1C(=O)N[C@]2(CCCC[C@@H]2C)C1=O. The van der Waals surface area contributed by atoms with Crippen molar-refractivity contribution < 1.29 is 19.1 Å². The van der Waals surface area contributed by atoms with E-state index in [1.807, 2.05) is 6.92 Å². The smallest absolute Gasteiger partial charge is 0.325 e. The molecule has 2 atom stereocenters. The van der Waals surface area contributed by atoms with E-state index in [-0.39, 0.29) is 18.4 Å². The molecular formula is C18H23N3O4. The minimum atomic E-state index is -0.847. The molecule has 1 aliphatic carbocycles. The van der Waals surface area contributed by atoms with Crippen LogP contribution in [0.25, 0.3) is 0 Å². The van der Waals surface area contributed by atoms with Gasteiger partial charge in [0.05, 0.1) is 12.8 Å². The van der Waals surface area contributed by atoms with Gasteiger partial charge in [-0.3, -0.25) is 14.5 Å². The number of benzene rings is 1. The zero-order chi connectivity index (χ0) is 18.0. The van der Waals surface area contributed by atoms with Crippen molar-refractivity contribution in [3.8, 4) is 5.75 Å². The fourth-order valence-corrected chi connectivity index (χ4v) is 3.72. The van der Waals surface area contributed by atoms with Gasteiger partial charge in [0, 0.05) is 0 Å². The molecular weight excluding hydrogens is 322 g/mol. The highest BCUT2D eigenvalue weighted by Crippen LogP contribution is 2.38. The molecule has 134 valence electrons. The van der Waals surface area contributed by atoms with Gasteiger partial charge in [0.15, 0.2) is 0 Å². The molecule has 0 bridgehead atoms. The molecule has 1 spiro atoms. The maximum Gasteiger partial charge on any atom is 0.325 e. The summed E-state index contributed by atoms with van der Waals surface area (Å²) in [5.41, 5.74) is -0.345. The number of nitrogens with one attached hydrogen (secondary N) is 2. The monoisotopic (exact) mass is 345 g/mol. The second kappa shape index (κ2) is 6.74. The van der Waals surface area contributed by atoms with Gasteiger partial charge in [-0.05, 0) is 30.9 Å². The molecule has 1 heterocycles. The number of imide groups is 1. The number of carbonyl (C=O) groups is 3. The second-order valence-electron chi connectivity index (χ2n) is 6.69. The minimum Gasteiger partial charge on any atom is -0.495 e. The molecule has 0 aromatic heterocycles. The molecule has 7 nitrogen and oxygen atoms in total. The van der Waals surface area contributed by atoms with Gasteiger partial charge >= 0.3 is 6.03 Å². The lowest BCUT2D eigenvalue weighted by molar-refractivity contribution is -0.136. The summed E-state index contributed by atoms with van der Waals surface area (Å²) in [7, 11) is 1.51. The van der Waals surface area contributed by atoms with Crippen LogP contribution in [0.15, 0.2) is 24.3 Å². The van der Waals surface area contributed by atoms with Gasteiger partial charge in [0.25, 0.3) is 5.91 Å². The zero-order valence-corrected chi connectivity index (χ0v) is 14.5. The average Bonchev–Trinajstić information content (AvgIpc) is 2.83. The van der Waals surface area contributed by atoms with E-state index in [4.69, 9.17) is 4.74 Å². The van der Waals surface area contributed by atoms with Crippen molar-refractivity contribution in [3.05, 3.63) is 24.3 Å². The van der Waals surface area contributed by atoms with Gasteiger partial charge in [-0.1, -0.05) is 31.9 Å². The molecule has 3 rings (SSSR count). The van der Waals surface area contributed by atoms with Gasteiger partial charge in [0.1, 0.15) is 17.8 Å². The lowest BCUT2D eigenvalue weighted by Gasteiger charge is -2.36. The number of rotatable bonds is 4. The summed E-state index contributed by atoms with van der Waals surface area (Å²) in [6.45, 7) is 1.67. The van der Waals surface area contributed by atoms with E-state index < -0.39 is 17.5 Å². The normalized spacial score (nSPS) is 25.8. The van der Waals surface area contributed by atoms with Crippen molar-refractivity contribution in [1.82, 2.24) is 10.2 Å². The molecule has 1 aromatic carbocycles. The van der Waals surface area contributed by atoms with E-state index in [1.165, 1.54) is 7.11 Å². The van der Waals surface area contributed by atoms with E-state index in [0.717, 1.165) is 24.2 Å². The van der Waals surface area contributed by atoms with Crippen LogP contribution >= 0.6 is 0 Å². The third kappa shape index (κ3) is 3.06. The molecule has 0 unspecified atom stereocenters. The highest BCUT2D eigenvalue weighted by Gasteiger charge is 2.55. The number of para-hydroxylation sites is 2. The van der Waals surface area contributed by atoms with Crippen LogP contribution in [0.1, 0.15) is 32.6 Å². The fraction of sp³-hybridized carbons (Fsp3) is 0.500. The van der Waals surface area contributed by atoms with E-state index in [1.54, 1.807) is 24.3 Å². The van der Waals surface area contributed by atoms with Crippen LogP contribution in [0.3, 0.4) is 0 Å². The van der Waals surface area contributed by atoms with Gasteiger partial charge in [-0.25, -0.2) is 4.79 Å². The summed E-state index contributed by atoms with van der Waals surface area (Å²) in [5, 5.41) is 5.54. The van der Waals surface area contributed by atoms with E-state index in [0.29, 0.717) is 17.9 Å². The number of ether oxygens (including phenoxy) is 1. The standard InChI is InChI=1S/C18H23N3O4/c1-12-7-5-6-10-18(12)16(23)21(17(24)20-18)11-15(22)19-13-8-3-4-9-14(13)25-2/h3-4,8-9,12H,5-7,10-11H2,1-2H3,(H,19,22)(H,20,24)/t12-,18-/m0/s1. The lowest BCUT2D eigenvalue weighted by Crippen LogP contribution is -2.54. The Morgan fingerprint density at radius 2 is 2.12 bits per heavy atom. The first-order chi connectivity index (χ1) is 12.0. The van der Waals surface area contributed by atoms with Crippen LogP contribution in [0.2, 0.25) is 0 Å². The third-order valence-electron chi connectivity index (χ3n) is 5.18. The lowest BCUT2D eigenvalue weighted by atomic mass is 9.73. The first-order valence-electron chi connectivity index (χ1n) is 8.55. The van der Waals surface area contributed by atoms with Crippen molar-refractivity contribution >= 4 is 23.5 Å². The Labute approximate surface area is 146 Å². The molecule has 0 radical (unpaired) electrons. The number of anilines is 1. The first kappa shape index (κ1) is 17.3. The summed E-state index contributed by atoms with van der Waals surface area (Å²) in [6, 6.07) is 6.49. The van der Waals surface area contributed by atoms with Gasteiger partial charge in [-0.2, -0.15) is 0 Å². The van der Waals surface area contributed by atoms with Crippen LogP contribution in [0.4, 0.5) is 10.5 Å². The average molecular weight is 345 g/mol. The molecule has 1 aliphatic heterocycles. The maximum atomic E-state index is 12.9. The predicted molar refractivity (Wildman–Crippen MR) is 92.2 cm³/mol. The van der Waals surface area contributed by atoms with Gasteiger partial charge in [-0.15, -0.1) is 0 Å². The Morgan fingerprint density at radius 1 is 1.36 bits per heavy atom. The molecule has 25 heavy (non-hydrogen) atoms. The van der Waals surface area contributed by atoms with E-state index in [9.17, 15) is 14.4 Å². The second-order valence-corrected chi connectivity index (χ2v) is 6.69. The quantitative estimate of drug-likeness (QED) is 0.819. The molecule has 1 aromatic rings. The summed E-state index contributed by atoms with van der Waals surface area (Å²) in [6.07, 6.45) is 3.48. The van der Waals surface area contributed by atoms with Crippen LogP contribution in [-0.2, 0) is 9.59 Å². The molecule has 7 heteroatoms. The Kier molecular flexibility index (Phi) is 4.65. The molecule has 4 amide bonds. The highest BCUT2D eigenvalue weighted by atomic mass is 16.5. The summed E-state index contributed by atoms with van der Waals surface area (Å²) in [4.78, 5) is 38.5. The number of methoxy groups -OCH3 is 1. The number of nitrogens with zero attached hydrogens (tertiary/aromatic N) is 1. The number of carbonyl (C=O) groups excluding carboxylic acids is 3. The number of hydrogen-bond donors (Lipinski definition) is 2. The topological polar surface area (TPSA) is 87.7 Å². The van der Waals surface area contributed by atoms with Gasteiger partial charge in [0.2, 0.25) is 5.91 Å². The number of urea groups is 1. The Balaban J connectivity index is 1.71. The predicted octanol–water partition coefficient (Wildman–Crippen LogP) is 2.13.